The van der Waals surface area contributed by atoms with E-state index < -0.39 is 6.04 Å². The van der Waals surface area contributed by atoms with Crippen LogP contribution >= 0.6 is 0 Å². The summed E-state index contributed by atoms with van der Waals surface area (Å²) in [5, 5.41) is 10.2. The van der Waals surface area contributed by atoms with Crippen molar-refractivity contribution in [3.8, 4) is 11.5 Å². The number of hydrogen-bond acceptors (Lipinski definition) is 5. The second-order valence-electron chi connectivity index (χ2n) is 4.72. The van der Waals surface area contributed by atoms with Gasteiger partial charge < -0.3 is 15.5 Å². The lowest BCUT2D eigenvalue weighted by Crippen LogP contribution is -2.40. The number of hydrogen-bond donors (Lipinski definition) is 2. The van der Waals surface area contributed by atoms with Crippen molar-refractivity contribution in [2.24, 2.45) is 11.7 Å². The molecule has 1 aromatic heterocycles. The summed E-state index contributed by atoms with van der Waals surface area (Å²) in [4.78, 5) is 11.9. The van der Waals surface area contributed by atoms with Gasteiger partial charge in [-0.3, -0.25) is 4.79 Å². The number of nitrogens with zero attached hydrogens (tertiary/aromatic N) is 2. The summed E-state index contributed by atoms with van der Waals surface area (Å²) in [7, 11) is 0. The molecule has 0 aliphatic rings. The molecule has 1 aromatic carbocycles. The molecule has 1 amide bonds. The van der Waals surface area contributed by atoms with Crippen LogP contribution in [0.3, 0.4) is 0 Å². The van der Waals surface area contributed by atoms with Gasteiger partial charge in [0.25, 0.3) is 0 Å². The summed E-state index contributed by atoms with van der Waals surface area (Å²) in [6, 6.07) is 6.66. The molecule has 3 N–H and O–H groups in total. The number of rotatable bonds is 5. The first kappa shape index (κ1) is 14.2. The fourth-order valence-electron chi connectivity index (χ4n) is 1.73. The highest BCUT2D eigenvalue weighted by Crippen LogP contribution is 2.19. The number of benzene rings is 1. The van der Waals surface area contributed by atoms with Crippen LogP contribution in [0.15, 0.2) is 35.1 Å². The molecule has 0 aliphatic carbocycles. The lowest BCUT2D eigenvalue weighted by Gasteiger charge is -2.17. The van der Waals surface area contributed by atoms with E-state index in [2.05, 4.69) is 15.5 Å². The van der Waals surface area contributed by atoms with Crippen molar-refractivity contribution in [2.75, 3.05) is 5.32 Å². The number of nitrogens with one attached hydrogen (secondary N) is 1. The van der Waals surface area contributed by atoms with E-state index >= 15 is 0 Å². The summed E-state index contributed by atoms with van der Waals surface area (Å²) in [5.74, 6) is 0.414. The predicted octanol–water partition coefficient (Wildman–Crippen LogP) is 2.05. The summed E-state index contributed by atoms with van der Waals surface area (Å²) in [5.41, 5.74) is 7.37. The molecule has 2 atom stereocenters. The highest BCUT2D eigenvalue weighted by atomic mass is 16.4. The standard InChI is InChI=1S/C14H18N4O2/c1-3-9(2)12(15)13(19)17-11-6-4-10(5-7-11)14-18-16-8-20-14/h4-9,12H,3,15H2,1-2H3,(H,17,19)/t9?,12-/m0/s1. The fourth-order valence-corrected chi connectivity index (χ4v) is 1.73. The van der Waals surface area contributed by atoms with Gasteiger partial charge in [-0.25, -0.2) is 0 Å². The van der Waals surface area contributed by atoms with Crippen LogP contribution in [0.1, 0.15) is 20.3 Å². The van der Waals surface area contributed by atoms with Gasteiger partial charge in [-0.2, -0.15) is 0 Å². The van der Waals surface area contributed by atoms with Gasteiger partial charge in [0.1, 0.15) is 0 Å². The maximum Gasteiger partial charge on any atom is 0.247 e. The maximum atomic E-state index is 11.9. The molecule has 1 heterocycles. The largest absolute Gasteiger partial charge is 0.423 e. The van der Waals surface area contributed by atoms with Crippen LogP contribution in [0, 0.1) is 5.92 Å². The smallest absolute Gasteiger partial charge is 0.247 e. The zero-order valence-electron chi connectivity index (χ0n) is 11.5. The van der Waals surface area contributed by atoms with Gasteiger partial charge in [-0.05, 0) is 30.2 Å². The summed E-state index contributed by atoms with van der Waals surface area (Å²) < 4.78 is 5.10. The fraction of sp³-hybridized carbons (Fsp3) is 0.357. The van der Waals surface area contributed by atoms with E-state index in [1.165, 1.54) is 6.39 Å². The number of amides is 1. The Morgan fingerprint density at radius 2 is 2.10 bits per heavy atom. The Morgan fingerprint density at radius 3 is 2.65 bits per heavy atom. The molecule has 2 rings (SSSR count). The number of carbonyl (C=O) groups is 1. The molecule has 0 radical (unpaired) electrons. The van der Waals surface area contributed by atoms with Gasteiger partial charge in [0.05, 0.1) is 6.04 Å². The van der Waals surface area contributed by atoms with Crippen molar-refractivity contribution in [2.45, 2.75) is 26.3 Å². The Labute approximate surface area is 117 Å². The molecule has 0 aliphatic heterocycles. The van der Waals surface area contributed by atoms with E-state index in [9.17, 15) is 4.79 Å². The Balaban J connectivity index is 2.02. The molecule has 106 valence electrons. The SMILES string of the molecule is CCC(C)[C@H](N)C(=O)Nc1ccc(-c2nnco2)cc1. The van der Waals surface area contributed by atoms with Crippen molar-refractivity contribution in [1.29, 1.82) is 0 Å². The van der Waals surface area contributed by atoms with E-state index in [4.69, 9.17) is 10.2 Å². The van der Waals surface area contributed by atoms with Gasteiger partial charge in [0.15, 0.2) is 0 Å². The molecule has 0 saturated heterocycles. The summed E-state index contributed by atoms with van der Waals surface area (Å²) in [6.45, 7) is 3.97. The third kappa shape index (κ3) is 3.21. The molecule has 0 spiro atoms. The highest BCUT2D eigenvalue weighted by Gasteiger charge is 2.19. The van der Waals surface area contributed by atoms with Gasteiger partial charge in [-0.1, -0.05) is 20.3 Å². The average Bonchev–Trinajstić information content (AvgIpc) is 3.00. The lowest BCUT2D eigenvalue weighted by atomic mass is 9.99. The van der Waals surface area contributed by atoms with E-state index in [-0.39, 0.29) is 11.8 Å². The summed E-state index contributed by atoms with van der Waals surface area (Å²) in [6.07, 6.45) is 2.14. The Bertz CT molecular complexity index is 551. The van der Waals surface area contributed by atoms with Crippen LogP contribution in [-0.2, 0) is 4.79 Å². The van der Waals surface area contributed by atoms with Crippen LogP contribution in [0.5, 0.6) is 0 Å². The predicted molar refractivity (Wildman–Crippen MR) is 75.8 cm³/mol. The van der Waals surface area contributed by atoms with Crippen LogP contribution < -0.4 is 11.1 Å². The second-order valence-corrected chi connectivity index (χ2v) is 4.72. The minimum atomic E-state index is -0.504. The maximum absolute atomic E-state index is 11.9. The van der Waals surface area contributed by atoms with Crippen molar-refractivity contribution in [3.63, 3.8) is 0 Å². The van der Waals surface area contributed by atoms with E-state index in [1.54, 1.807) is 24.3 Å². The lowest BCUT2D eigenvalue weighted by molar-refractivity contribution is -0.118. The third-order valence-corrected chi connectivity index (χ3v) is 3.32. The first-order chi connectivity index (χ1) is 9.61. The second kappa shape index (κ2) is 6.29. The minimum absolute atomic E-state index is 0.146. The zero-order chi connectivity index (χ0) is 14.5. The Hall–Kier alpha value is -2.21. The zero-order valence-corrected chi connectivity index (χ0v) is 11.5. The molecule has 0 fully saturated rings. The van der Waals surface area contributed by atoms with Gasteiger partial charge in [-0.15, -0.1) is 10.2 Å². The van der Waals surface area contributed by atoms with Gasteiger partial charge in [0, 0.05) is 11.3 Å². The van der Waals surface area contributed by atoms with Crippen LogP contribution in [0.4, 0.5) is 5.69 Å². The number of aromatic nitrogens is 2. The molecule has 2 aromatic rings. The molecule has 0 bridgehead atoms. The van der Waals surface area contributed by atoms with E-state index in [0.717, 1.165) is 12.0 Å². The minimum Gasteiger partial charge on any atom is -0.423 e. The Morgan fingerprint density at radius 1 is 1.40 bits per heavy atom. The number of carbonyl (C=O) groups excluding carboxylic acids is 1. The number of anilines is 1. The topological polar surface area (TPSA) is 94.0 Å². The monoisotopic (exact) mass is 274 g/mol. The molecular weight excluding hydrogens is 256 g/mol. The van der Waals surface area contributed by atoms with Crippen molar-refractivity contribution in [1.82, 2.24) is 10.2 Å². The summed E-state index contributed by atoms with van der Waals surface area (Å²) >= 11 is 0. The molecule has 1 unspecified atom stereocenters. The third-order valence-electron chi connectivity index (χ3n) is 3.32. The quantitative estimate of drug-likeness (QED) is 0.870. The van der Waals surface area contributed by atoms with Crippen molar-refractivity contribution in [3.05, 3.63) is 30.7 Å². The molecule has 20 heavy (non-hydrogen) atoms. The van der Waals surface area contributed by atoms with Crippen molar-refractivity contribution >= 4 is 11.6 Å². The number of nitrogens with two attached hydrogens (primary N) is 1. The molecule has 0 saturated carbocycles. The first-order valence-electron chi connectivity index (χ1n) is 6.55. The van der Waals surface area contributed by atoms with Crippen LogP contribution in [0.25, 0.3) is 11.5 Å². The molecular formula is C14H18N4O2. The highest BCUT2D eigenvalue weighted by molar-refractivity contribution is 5.95. The van der Waals surface area contributed by atoms with Crippen molar-refractivity contribution < 1.29 is 9.21 Å². The Kier molecular flexibility index (Phi) is 4.47. The van der Waals surface area contributed by atoms with E-state index in [1.807, 2.05) is 13.8 Å². The van der Waals surface area contributed by atoms with Gasteiger partial charge in [0.2, 0.25) is 18.2 Å². The van der Waals surface area contributed by atoms with E-state index in [0.29, 0.717) is 11.6 Å². The van der Waals surface area contributed by atoms with Gasteiger partial charge >= 0.3 is 0 Å². The molecule has 6 heteroatoms. The van der Waals surface area contributed by atoms with Crippen LogP contribution in [0.2, 0.25) is 0 Å². The first-order valence-corrected chi connectivity index (χ1v) is 6.55. The average molecular weight is 274 g/mol. The van der Waals surface area contributed by atoms with Crippen LogP contribution in [-0.4, -0.2) is 22.1 Å². The molecule has 6 nitrogen and oxygen atoms in total. The normalized spacial score (nSPS) is 13.8.